The average molecular weight is 421 g/mol. The molecule has 0 aromatic carbocycles. The summed E-state index contributed by atoms with van der Waals surface area (Å²) < 4.78 is 1.91. The Bertz CT molecular complexity index is 1090. The van der Waals surface area contributed by atoms with E-state index < -0.39 is 0 Å². The maximum Gasteiger partial charge on any atom is 0.252 e. The third kappa shape index (κ3) is 3.52. The number of amides is 1. The zero-order valence-corrected chi connectivity index (χ0v) is 18.8. The first-order chi connectivity index (χ1) is 14.5. The summed E-state index contributed by atoms with van der Waals surface area (Å²) in [7, 11) is 2.67. The molecule has 156 valence electrons. The van der Waals surface area contributed by atoms with E-state index in [1.807, 2.05) is 22.5 Å². The Labute approximate surface area is 179 Å². The number of carbonyl (C=O) groups excluding carboxylic acids is 1. The molecule has 5 rings (SSSR count). The number of aryl methyl sites for hydroxylation is 2. The molecule has 30 heavy (non-hydrogen) atoms. The first kappa shape index (κ1) is 19.7. The Kier molecular flexibility index (Phi) is 5.08. The number of carbonyl (C=O) groups is 1. The van der Waals surface area contributed by atoms with Crippen molar-refractivity contribution >= 4 is 25.3 Å². The van der Waals surface area contributed by atoms with E-state index in [9.17, 15) is 4.79 Å². The van der Waals surface area contributed by atoms with E-state index in [0.717, 1.165) is 60.3 Å². The second-order valence-corrected chi connectivity index (χ2v) is 9.92. The van der Waals surface area contributed by atoms with Crippen LogP contribution < -0.4 is 0 Å². The summed E-state index contributed by atoms with van der Waals surface area (Å²) in [6.07, 6.45) is 13.5. The van der Waals surface area contributed by atoms with Crippen LogP contribution >= 0.6 is 8.58 Å². The molecule has 1 fully saturated rings. The molecule has 2 aromatic heterocycles. The molecule has 6 nitrogen and oxygen atoms in total. The fourth-order valence-electron chi connectivity index (χ4n) is 4.60. The van der Waals surface area contributed by atoms with E-state index in [-0.39, 0.29) is 11.7 Å². The fraction of sp³-hybridized carbons (Fsp3) is 0.435. The average Bonchev–Trinajstić information content (AvgIpc) is 3.17. The maximum absolute atomic E-state index is 13.0. The zero-order chi connectivity index (χ0) is 20.8. The van der Waals surface area contributed by atoms with Gasteiger partial charge in [0.1, 0.15) is 0 Å². The lowest BCUT2D eigenvalue weighted by Gasteiger charge is -2.36. The summed E-state index contributed by atoms with van der Waals surface area (Å²) in [5.41, 5.74) is 5.23. The van der Waals surface area contributed by atoms with Gasteiger partial charge < -0.3 is 9.80 Å². The Morgan fingerprint density at radius 2 is 2.07 bits per heavy atom. The van der Waals surface area contributed by atoms with Gasteiger partial charge in [0.25, 0.3) is 5.91 Å². The molecule has 5 heterocycles. The number of rotatable bonds is 3. The first-order valence-electron chi connectivity index (χ1n) is 10.8. The lowest BCUT2D eigenvalue weighted by Crippen LogP contribution is -2.37. The van der Waals surface area contributed by atoms with Crippen molar-refractivity contribution in [2.45, 2.75) is 38.9 Å². The Morgan fingerprint density at radius 1 is 1.27 bits per heavy atom. The monoisotopic (exact) mass is 421 g/mol. The predicted octanol–water partition coefficient (Wildman–Crippen LogP) is 3.58. The first-order valence-corrected chi connectivity index (χ1v) is 11.8. The predicted molar refractivity (Wildman–Crippen MR) is 121 cm³/mol. The van der Waals surface area contributed by atoms with Gasteiger partial charge in [0.2, 0.25) is 0 Å². The van der Waals surface area contributed by atoms with Crippen molar-refractivity contribution < 1.29 is 4.79 Å². The molecule has 0 aliphatic carbocycles. The highest BCUT2D eigenvalue weighted by Crippen LogP contribution is 2.45. The minimum Gasteiger partial charge on any atom is -0.306 e. The standard InChI is InChI=1S/C23H28N5OP/c1-4-18-20-11-19(25-28(20)13-15(2)24-18)21-12-22(29)27-14-17(5-6-23(27)30-21)16-7-9-26(3)10-8-16/h5-6,11-14,16,23,30H,4,7-10H2,1-3H3. The van der Waals surface area contributed by atoms with E-state index >= 15 is 0 Å². The molecule has 0 saturated carbocycles. The van der Waals surface area contributed by atoms with Gasteiger partial charge in [-0.3, -0.25) is 9.78 Å². The lowest BCUT2D eigenvalue weighted by molar-refractivity contribution is -0.123. The minimum absolute atomic E-state index is 0.0607. The van der Waals surface area contributed by atoms with E-state index in [2.05, 4.69) is 48.3 Å². The molecule has 1 saturated heterocycles. The molecule has 3 aliphatic rings. The summed E-state index contributed by atoms with van der Waals surface area (Å²) in [6.45, 7) is 6.35. The van der Waals surface area contributed by atoms with Gasteiger partial charge in [0, 0.05) is 17.6 Å². The topological polar surface area (TPSA) is 53.7 Å². The van der Waals surface area contributed by atoms with Crippen molar-refractivity contribution in [1.82, 2.24) is 24.4 Å². The fourth-order valence-corrected chi connectivity index (χ4v) is 5.93. The molecule has 3 aliphatic heterocycles. The van der Waals surface area contributed by atoms with Crippen molar-refractivity contribution in [3.05, 3.63) is 59.3 Å². The van der Waals surface area contributed by atoms with Crippen molar-refractivity contribution in [3.63, 3.8) is 0 Å². The Balaban J connectivity index is 1.42. The summed E-state index contributed by atoms with van der Waals surface area (Å²) in [4.78, 5) is 22.0. The molecule has 0 spiro atoms. The van der Waals surface area contributed by atoms with Crippen LogP contribution in [0.5, 0.6) is 0 Å². The summed E-state index contributed by atoms with van der Waals surface area (Å²) in [6, 6.07) is 2.08. The van der Waals surface area contributed by atoms with Crippen LogP contribution in [0.25, 0.3) is 10.8 Å². The van der Waals surface area contributed by atoms with Crippen LogP contribution in [0, 0.1) is 12.8 Å². The SMILES string of the molecule is CCc1nc(C)cn2nc(C3=CC(=O)N4C=C(C5CCN(C)CC5)C=CC4P3)cc12. The number of hydrogen-bond acceptors (Lipinski definition) is 4. The smallest absolute Gasteiger partial charge is 0.252 e. The molecule has 2 aromatic rings. The van der Waals surface area contributed by atoms with Gasteiger partial charge in [-0.2, -0.15) is 5.10 Å². The normalized spacial score (nSPS) is 23.8. The van der Waals surface area contributed by atoms with Crippen LogP contribution in [0.15, 0.2) is 42.3 Å². The molecule has 2 unspecified atom stereocenters. The van der Waals surface area contributed by atoms with Crippen molar-refractivity contribution in [2.24, 2.45) is 5.92 Å². The largest absolute Gasteiger partial charge is 0.306 e. The molecule has 0 N–H and O–H groups in total. The number of allylic oxidation sites excluding steroid dienone is 2. The van der Waals surface area contributed by atoms with E-state index in [4.69, 9.17) is 5.10 Å². The van der Waals surface area contributed by atoms with Crippen LogP contribution in [-0.2, 0) is 11.2 Å². The third-order valence-electron chi connectivity index (χ3n) is 6.34. The number of nitrogens with zero attached hydrogens (tertiary/aromatic N) is 5. The van der Waals surface area contributed by atoms with Crippen LogP contribution in [0.4, 0.5) is 0 Å². The molecule has 2 atom stereocenters. The number of fused-ring (bicyclic) bond motifs is 2. The summed E-state index contributed by atoms with van der Waals surface area (Å²) in [5.74, 6) is 0.718. The Morgan fingerprint density at radius 3 is 2.83 bits per heavy atom. The minimum atomic E-state index is 0.0607. The lowest BCUT2D eigenvalue weighted by atomic mass is 9.88. The van der Waals surface area contributed by atoms with Crippen molar-refractivity contribution in [2.75, 3.05) is 20.1 Å². The van der Waals surface area contributed by atoms with Gasteiger partial charge in [0.05, 0.1) is 34.6 Å². The van der Waals surface area contributed by atoms with Gasteiger partial charge in [-0.25, -0.2) is 4.52 Å². The molecule has 7 heteroatoms. The van der Waals surface area contributed by atoms with E-state index in [1.54, 1.807) is 6.08 Å². The van der Waals surface area contributed by atoms with Crippen LogP contribution in [0.2, 0.25) is 0 Å². The molecule has 0 radical (unpaired) electrons. The Hall–Kier alpha value is -2.30. The summed E-state index contributed by atoms with van der Waals surface area (Å²) in [5, 5.41) is 5.81. The van der Waals surface area contributed by atoms with E-state index in [1.165, 1.54) is 5.57 Å². The maximum atomic E-state index is 13.0. The third-order valence-corrected chi connectivity index (χ3v) is 7.81. The second-order valence-electron chi connectivity index (χ2n) is 8.50. The van der Waals surface area contributed by atoms with Gasteiger partial charge >= 0.3 is 0 Å². The quantitative estimate of drug-likeness (QED) is 0.711. The molecular weight excluding hydrogens is 393 g/mol. The van der Waals surface area contributed by atoms with E-state index in [0.29, 0.717) is 14.5 Å². The number of hydrogen-bond donors (Lipinski definition) is 0. The van der Waals surface area contributed by atoms with Crippen molar-refractivity contribution in [1.29, 1.82) is 0 Å². The molecule has 0 bridgehead atoms. The highest BCUT2D eigenvalue weighted by molar-refractivity contribution is 7.51. The van der Waals surface area contributed by atoms with Gasteiger partial charge in [-0.1, -0.05) is 27.7 Å². The number of aromatic nitrogens is 3. The van der Waals surface area contributed by atoms with Gasteiger partial charge in [0.15, 0.2) is 0 Å². The second kappa shape index (κ2) is 7.75. The van der Waals surface area contributed by atoms with Gasteiger partial charge in [-0.15, -0.1) is 0 Å². The highest BCUT2D eigenvalue weighted by Gasteiger charge is 2.31. The summed E-state index contributed by atoms with van der Waals surface area (Å²) >= 11 is 0. The molecule has 1 amide bonds. The van der Waals surface area contributed by atoms with Crippen LogP contribution in [0.3, 0.4) is 0 Å². The number of likely N-dealkylation sites (tertiary alicyclic amines) is 1. The van der Waals surface area contributed by atoms with Crippen LogP contribution in [0.1, 0.15) is 36.8 Å². The zero-order valence-electron chi connectivity index (χ0n) is 17.8. The number of piperidine rings is 1. The van der Waals surface area contributed by atoms with Gasteiger partial charge in [-0.05, 0) is 63.9 Å². The van der Waals surface area contributed by atoms with Crippen molar-refractivity contribution in [3.8, 4) is 0 Å². The molecular formula is C23H28N5OP. The van der Waals surface area contributed by atoms with Crippen LogP contribution in [-0.4, -0.2) is 56.2 Å². The highest BCUT2D eigenvalue weighted by atomic mass is 31.1.